The number of fused-ring (bicyclic) bond motifs is 2. The van der Waals surface area contributed by atoms with Gasteiger partial charge in [-0.25, -0.2) is 15.0 Å². The first kappa shape index (κ1) is 19.3. The lowest BCUT2D eigenvalue weighted by atomic mass is 10.2. The van der Waals surface area contributed by atoms with Crippen LogP contribution >= 0.6 is 11.8 Å². The molecule has 0 spiro atoms. The van der Waals surface area contributed by atoms with Gasteiger partial charge in [0.1, 0.15) is 16.3 Å². The molecule has 31 heavy (non-hydrogen) atoms. The minimum atomic E-state index is -0.191. The van der Waals surface area contributed by atoms with E-state index in [0.717, 1.165) is 32.7 Å². The Balaban J connectivity index is 1.19. The average molecular weight is 433 g/mol. The lowest BCUT2D eigenvalue weighted by Crippen LogP contribution is -2.25. The molecule has 4 aromatic rings. The number of nitrogens with one attached hydrogen (secondary N) is 2. The first-order valence-electron chi connectivity index (χ1n) is 9.74. The summed E-state index contributed by atoms with van der Waals surface area (Å²) in [5.41, 5.74) is 3.55. The number of anilines is 2. The number of benzene rings is 1. The maximum Gasteiger partial charge on any atom is 0.256 e. The van der Waals surface area contributed by atoms with Crippen LogP contribution < -0.4 is 10.6 Å². The quantitative estimate of drug-likeness (QED) is 0.420. The van der Waals surface area contributed by atoms with Crippen LogP contribution in [0, 0.1) is 6.92 Å². The second-order valence-corrected chi connectivity index (χ2v) is 8.14. The van der Waals surface area contributed by atoms with Gasteiger partial charge in [-0.15, -0.1) is 0 Å². The highest BCUT2D eigenvalue weighted by Gasteiger charge is 2.18. The first-order chi connectivity index (χ1) is 15.2. The zero-order valence-electron chi connectivity index (χ0n) is 16.7. The van der Waals surface area contributed by atoms with Gasteiger partial charge in [-0.05, 0) is 24.6 Å². The van der Waals surface area contributed by atoms with Gasteiger partial charge in [-0.3, -0.25) is 4.79 Å². The van der Waals surface area contributed by atoms with Crippen LogP contribution in [0.5, 0.6) is 0 Å². The van der Waals surface area contributed by atoms with Crippen LogP contribution in [0.2, 0.25) is 0 Å². The molecule has 156 valence electrons. The fraction of sp³-hybridized carbons (Fsp3) is 0.190. The summed E-state index contributed by atoms with van der Waals surface area (Å²) in [4.78, 5) is 26.4. The van der Waals surface area contributed by atoms with Crippen LogP contribution in [0.25, 0.3) is 0 Å². The predicted molar refractivity (Wildman–Crippen MR) is 114 cm³/mol. The van der Waals surface area contributed by atoms with E-state index in [1.165, 1.54) is 6.20 Å². The molecular formula is C21H19N7O2S. The van der Waals surface area contributed by atoms with Crippen LogP contribution in [0.1, 0.15) is 27.4 Å². The molecule has 1 aliphatic rings. The lowest BCUT2D eigenvalue weighted by Gasteiger charge is -2.19. The minimum Gasteiger partial charge on any atom is -0.361 e. The largest absolute Gasteiger partial charge is 0.361 e. The molecule has 1 aromatic carbocycles. The number of hydrogen-bond acceptors (Lipinski definition) is 8. The zero-order chi connectivity index (χ0) is 21.2. The normalized spacial score (nSPS) is 12.0. The van der Waals surface area contributed by atoms with Gasteiger partial charge >= 0.3 is 0 Å². The molecule has 3 aromatic heterocycles. The topological polar surface area (TPSA) is 111 Å². The van der Waals surface area contributed by atoms with Gasteiger partial charge in [0.15, 0.2) is 5.82 Å². The van der Waals surface area contributed by atoms with E-state index >= 15 is 0 Å². The Morgan fingerprint density at radius 1 is 1.26 bits per heavy atom. The van der Waals surface area contributed by atoms with Crippen LogP contribution in [0.15, 0.2) is 63.8 Å². The molecule has 1 aliphatic heterocycles. The van der Waals surface area contributed by atoms with Gasteiger partial charge in [0.25, 0.3) is 5.91 Å². The van der Waals surface area contributed by atoms with E-state index in [1.54, 1.807) is 31.1 Å². The van der Waals surface area contributed by atoms with Crippen molar-refractivity contribution >= 4 is 29.2 Å². The molecule has 10 heteroatoms. The van der Waals surface area contributed by atoms with Crippen molar-refractivity contribution in [3.8, 4) is 0 Å². The van der Waals surface area contributed by atoms with Gasteiger partial charge in [-0.1, -0.05) is 23.0 Å². The van der Waals surface area contributed by atoms with Crippen molar-refractivity contribution in [1.82, 2.24) is 30.0 Å². The summed E-state index contributed by atoms with van der Waals surface area (Å²) in [6, 6.07) is 6.33. The van der Waals surface area contributed by atoms with E-state index < -0.39 is 0 Å². The fourth-order valence-electron chi connectivity index (χ4n) is 3.33. The van der Waals surface area contributed by atoms with E-state index in [-0.39, 0.29) is 5.91 Å². The number of carbonyl (C=O) groups is 1. The first-order valence-corrected chi connectivity index (χ1v) is 10.6. The Hall–Kier alpha value is -3.66. The summed E-state index contributed by atoms with van der Waals surface area (Å²) < 4.78 is 6.96. The van der Waals surface area contributed by atoms with Crippen LogP contribution in [-0.2, 0) is 13.0 Å². The average Bonchev–Trinajstić information content (AvgIpc) is 3.41. The molecular weight excluding hydrogens is 414 g/mol. The van der Waals surface area contributed by atoms with Crippen molar-refractivity contribution in [2.45, 2.75) is 29.8 Å². The Labute approximate surface area is 182 Å². The lowest BCUT2D eigenvalue weighted by molar-refractivity contribution is 0.0952. The highest BCUT2D eigenvalue weighted by atomic mass is 32.2. The van der Waals surface area contributed by atoms with Crippen molar-refractivity contribution in [2.75, 3.05) is 11.9 Å². The molecule has 0 radical (unpaired) electrons. The van der Waals surface area contributed by atoms with Crippen LogP contribution in [0.4, 0.5) is 11.5 Å². The molecule has 4 heterocycles. The molecule has 0 atom stereocenters. The Morgan fingerprint density at radius 3 is 3.03 bits per heavy atom. The second kappa shape index (κ2) is 8.23. The minimum absolute atomic E-state index is 0.191. The summed E-state index contributed by atoms with van der Waals surface area (Å²) >= 11 is 1.61. The predicted octanol–water partition coefficient (Wildman–Crippen LogP) is 3.20. The number of rotatable bonds is 6. The molecule has 2 N–H and O–H groups in total. The zero-order valence-corrected chi connectivity index (χ0v) is 17.5. The molecule has 0 fully saturated rings. The van der Waals surface area contributed by atoms with Crippen LogP contribution in [-0.4, -0.2) is 37.1 Å². The molecule has 5 rings (SSSR count). The van der Waals surface area contributed by atoms with Gasteiger partial charge in [0, 0.05) is 43.0 Å². The van der Waals surface area contributed by atoms with E-state index in [1.807, 2.05) is 17.1 Å². The number of carbonyl (C=O) groups excluding carboxylic acids is 1. The second-order valence-electron chi connectivity index (χ2n) is 7.11. The van der Waals surface area contributed by atoms with Crippen molar-refractivity contribution < 1.29 is 9.32 Å². The van der Waals surface area contributed by atoms with Crippen molar-refractivity contribution in [1.29, 1.82) is 0 Å². The fourth-order valence-corrected chi connectivity index (χ4v) is 4.21. The maximum atomic E-state index is 12.1. The van der Waals surface area contributed by atoms with E-state index in [2.05, 4.69) is 48.9 Å². The highest BCUT2D eigenvalue weighted by molar-refractivity contribution is 7.99. The molecule has 0 aliphatic carbocycles. The van der Waals surface area contributed by atoms with Gasteiger partial charge in [0.05, 0.1) is 23.9 Å². The van der Waals surface area contributed by atoms with Crippen molar-refractivity contribution in [3.05, 3.63) is 71.9 Å². The van der Waals surface area contributed by atoms with Crippen molar-refractivity contribution in [3.63, 3.8) is 0 Å². The maximum absolute atomic E-state index is 12.1. The summed E-state index contributed by atoms with van der Waals surface area (Å²) in [7, 11) is 0. The summed E-state index contributed by atoms with van der Waals surface area (Å²) in [5, 5.41) is 10.7. The highest BCUT2D eigenvalue weighted by Crippen LogP contribution is 2.42. The SMILES string of the molecule is Cc1oncc1C(=O)NCCc1cn(Cc2ccc3c(c2)Nc2nccnc2S3)cn1. The number of nitrogens with zero attached hydrogens (tertiary/aromatic N) is 5. The third kappa shape index (κ3) is 4.15. The monoisotopic (exact) mass is 433 g/mol. The molecule has 9 nitrogen and oxygen atoms in total. The Bertz CT molecular complexity index is 1250. The number of hydrogen-bond donors (Lipinski definition) is 2. The third-order valence-electron chi connectivity index (χ3n) is 4.88. The molecule has 0 bridgehead atoms. The van der Waals surface area contributed by atoms with Gasteiger partial charge < -0.3 is 19.7 Å². The van der Waals surface area contributed by atoms with Gasteiger partial charge in [-0.2, -0.15) is 0 Å². The Morgan fingerprint density at radius 2 is 2.16 bits per heavy atom. The van der Waals surface area contributed by atoms with E-state index in [0.29, 0.717) is 30.8 Å². The standard InChI is InChI=1S/C21H19N7O2S/c1-13-16(9-26-30-13)20(29)23-5-4-15-11-28(12-25-15)10-14-2-3-18-17(8-14)27-19-21(31-18)24-7-6-22-19/h2-3,6-9,11-12H,4-5,10H2,1H3,(H,22,27)(H,23,29). The molecule has 1 amide bonds. The summed E-state index contributed by atoms with van der Waals surface area (Å²) in [6.07, 6.45) is 9.26. The number of aryl methyl sites for hydroxylation is 1. The van der Waals surface area contributed by atoms with E-state index in [9.17, 15) is 4.79 Å². The summed E-state index contributed by atoms with van der Waals surface area (Å²) in [5.74, 6) is 1.10. The summed E-state index contributed by atoms with van der Waals surface area (Å²) in [6.45, 7) is 2.90. The molecule has 0 unspecified atom stereocenters. The smallest absolute Gasteiger partial charge is 0.256 e. The Kier molecular flexibility index (Phi) is 5.13. The van der Waals surface area contributed by atoms with E-state index in [4.69, 9.17) is 4.52 Å². The number of amides is 1. The number of aromatic nitrogens is 5. The third-order valence-corrected chi connectivity index (χ3v) is 5.95. The van der Waals surface area contributed by atoms with Crippen LogP contribution in [0.3, 0.4) is 0 Å². The molecule has 0 saturated heterocycles. The van der Waals surface area contributed by atoms with Gasteiger partial charge in [0.2, 0.25) is 0 Å². The molecule has 0 saturated carbocycles. The number of imidazole rings is 1. The van der Waals surface area contributed by atoms with Crippen molar-refractivity contribution in [2.24, 2.45) is 0 Å².